The number of thiophene rings is 1. The zero-order chi connectivity index (χ0) is 19.9. The van der Waals surface area contributed by atoms with Gasteiger partial charge in [0.05, 0.1) is 6.04 Å². The molecule has 0 aliphatic rings. The molecule has 0 aromatic carbocycles. The van der Waals surface area contributed by atoms with E-state index in [-0.39, 0.29) is 18.4 Å². The van der Waals surface area contributed by atoms with Gasteiger partial charge in [-0.15, -0.1) is 0 Å². The molecule has 0 aliphatic heterocycles. The molecule has 4 heterocycles. The predicted molar refractivity (Wildman–Crippen MR) is 109 cm³/mol. The van der Waals surface area contributed by atoms with Gasteiger partial charge in [0.15, 0.2) is 0 Å². The van der Waals surface area contributed by atoms with Crippen LogP contribution < -0.4 is 5.32 Å². The van der Waals surface area contributed by atoms with Crippen molar-refractivity contribution < 1.29 is 9.32 Å². The number of nitrogens with zero attached hydrogens (tertiary/aromatic N) is 4. The zero-order valence-corrected chi connectivity index (χ0v) is 16.4. The first-order chi connectivity index (χ1) is 14.3. The van der Waals surface area contributed by atoms with Crippen molar-refractivity contribution in [2.24, 2.45) is 0 Å². The van der Waals surface area contributed by atoms with Crippen LogP contribution in [0.25, 0.3) is 11.4 Å². The normalized spacial score (nSPS) is 11.9. The van der Waals surface area contributed by atoms with Gasteiger partial charge in [-0.2, -0.15) is 16.3 Å². The Kier molecular flexibility index (Phi) is 6.01. The summed E-state index contributed by atoms with van der Waals surface area (Å²) in [4.78, 5) is 25.1. The molecule has 0 spiro atoms. The molecule has 0 fully saturated rings. The van der Waals surface area contributed by atoms with Gasteiger partial charge in [0.2, 0.25) is 17.6 Å². The Hall–Kier alpha value is -3.39. The Morgan fingerprint density at radius 2 is 2.00 bits per heavy atom. The maximum atomic E-state index is 12.6. The minimum absolute atomic E-state index is 0.0739. The summed E-state index contributed by atoms with van der Waals surface area (Å²) in [5.41, 5.74) is 2.94. The summed E-state index contributed by atoms with van der Waals surface area (Å²) in [6.07, 6.45) is 8.21. The quantitative estimate of drug-likeness (QED) is 0.481. The highest BCUT2D eigenvalue weighted by Gasteiger charge is 2.17. The number of pyridine rings is 2. The van der Waals surface area contributed by atoms with Gasteiger partial charge in [-0.1, -0.05) is 11.2 Å². The molecular weight excluding hydrogens is 386 g/mol. The van der Waals surface area contributed by atoms with E-state index in [9.17, 15) is 4.79 Å². The monoisotopic (exact) mass is 405 g/mol. The van der Waals surface area contributed by atoms with Crippen LogP contribution in [0.15, 0.2) is 70.4 Å². The number of aryl methyl sites for hydroxylation is 1. The number of hydrogen-bond acceptors (Lipinski definition) is 7. The van der Waals surface area contributed by atoms with Crippen LogP contribution >= 0.6 is 11.3 Å². The Morgan fingerprint density at radius 1 is 1.14 bits per heavy atom. The highest BCUT2D eigenvalue weighted by atomic mass is 32.1. The molecule has 0 radical (unpaired) electrons. The molecule has 4 aromatic rings. The molecule has 29 heavy (non-hydrogen) atoms. The fourth-order valence-electron chi connectivity index (χ4n) is 2.93. The number of carbonyl (C=O) groups is 1. The lowest BCUT2D eigenvalue weighted by atomic mass is 10.0. The topological polar surface area (TPSA) is 93.8 Å². The minimum Gasteiger partial charge on any atom is -0.349 e. The molecule has 0 aliphatic carbocycles. The van der Waals surface area contributed by atoms with E-state index in [4.69, 9.17) is 4.52 Å². The van der Waals surface area contributed by atoms with Crippen molar-refractivity contribution in [2.45, 2.75) is 25.3 Å². The fourth-order valence-corrected chi connectivity index (χ4v) is 3.62. The molecule has 0 bridgehead atoms. The second-order valence-electron chi connectivity index (χ2n) is 6.50. The number of nitrogens with one attached hydrogen (secondary N) is 1. The number of amides is 1. The molecule has 1 N–H and O–H groups in total. The molecular formula is C21H19N5O2S. The largest absolute Gasteiger partial charge is 0.349 e. The first-order valence-corrected chi connectivity index (χ1v) is 10.2. The van der Waals surface area contributed by atoms with Crippen LogP contribution in [-0.2, 0) is 17.6 Å². The molecule has 146 valence electrons. The van der Waals surface area contributed by atoms with Crippen molar-refractivity contribution in [3.05, 3.63) is 82.9 Å². The third kappa shape index (κ3) is 5.11. The lowest BCUT2D eigenvalue weighted by molar-refractivity contribution is -0.121. The summed E-state index contributed by atoms with van der Waals surface area (Å²) in [5.74, 6) is 0.823. The van der Waals surface area contributed by atoms with Crippen molar-refractivity contribution in [1.29, 1.82) is 0 Å². The second kappa shape index (κ2) is 9.20. The Morgan fingerprint density at radius 3 is 2.72 bits per heavy atom. The van der Waals surface area contributed by atoms with E-state index in [1.807, 2.05) is 29.6 Å². The fraction of sp³-hybridized carbons (Fsp3) is 0.190. The van der Waals surface area contributed by atoms with E-state index in [0.29, 0.717) is 24.6 Å². The molecule has 4 aromatic heterocycles. The van der Waals surface area contributed by atoms with Crippen molar-refractivity contribution in [2.75, 3.05) is 0 Å². The maximum Gasteiger partial charge on any atom is 0.227 e. The van der Waals surface area contributed by atoms with E-state index in [1.54, 1.807) is 36.1 Å². The number of carbonyl (C=O) groups excluding carboxylic acids is 1. The van der Waals surface area contributed by atoms with Crippen LogP contribution in [0.4, 0.5) is 0 Å². The molecule has 8 heteroatoms. The van der Waals surface area contributed by atoms with Crippen LogP contribution in [0, 0.1) is 0 Å². The summed E-state index contributed by atoms with van der Waals surface area (Å²) >= 11 is 1.64. The van der Waals surface area contributed by atoms with Crippen LogP contribution in [0.3, 0.4) is 0 Å². The van der Waals surface area contributed by atoms with Gasteiger partial charge in [-0.05, 0) is 52.6 Å². The minimum atomic E-state index is -0.139. The van der Waals surface area contributed by atoms with E-state index in [2.05, 4.69) is 36.9 Å². The molecule has 0 saturated heterocycles. The smallest absolute Gasteiger partial charge is 0.227 e. The maximum absolute atomic E-state index is 12.6. The van der Waals surface area contributed by atoms with Crippen molar-refractivity contribution >= 4 is 17.2 Å². The van der Waals surface area contributed by atoms with Gasteiger partial charge in [0.25, 0.3) is 0 Å². The third-order valence-electron chi connectivity index (χ3n) is 4.40. The van der Waals surface area contributed by atoms with Gasteiger partial charge in [0.1, 0.15) is 0 Å². The Bertz CT molecular complexity index is 1040. The summed E-state index contributed by atoms with van der Waals surface area (Å²) in [5, 5.41) is 11.2. The predicted octanol–water partition coefficient (Wildman–Crippen LogP) is 3.62. The Labute approximate surface area is 171 Å². The lowest BCUT2D eigenvalue weighted by Gasteiger charge is -2.18. The summed E-state index contributed by atoms with van der Waals surface area (Å²) in [6.45, 7) is 0. The van der Waals surface area contributed by atoms with E-state index in [1.165, 1.54) is 5.56 Å². The first kappa shape index (κ1) is 18.9. The SMILES string of the molecule is O=C(CCc1nc(-c2cccnc2)no1)N[C@@H](Cc1ccsc1)c1cccnc1. The van der Waals surface area contributed by atoms with Gasteiger partial charge in [0, 0.05) is 43.2 Å². The van der Waals surface area contributed by atoms with Crippen molar-refractivity contribution in [3.8, 4) is 11.4 Å². The van der Waals surface area contributed by atoms with Gasteiger partial charge in [-0.3, -0.25) is 14.8 Å². The highest BCUT2D eigenvalue weighted by Crippen LogP contribution is 2.20. The Balaban J connectivity index is 1.37. The van der Waals surface area contributed by atoms with Crippen molar-refractivity contribution in [1.82, 2.24) is 25.4 Å². The average molecular weight is 405 g/mol. The van der Waals surface area contributed by atoms with Gasteiger partial charge >= 0.3 is 0 Å². The van der Waals surface area contributed by atoms with E-state index >= 15 is 0 Å². The zero-order valence-electron chi connectivity index (χ0n) is 15.6. The van der Waals surface area contributed by atoms with Crippen LogP contribution in [0.1, 0.15) is 29.5 Å². The van der Waals surface area contributed by atoms with Gasteiger partial charge in [-0.25, -0.2) is 0 Å². The first-order valence-electron chi connectivity index (χ1n) is 9.21. The highest BCUT2D eigenvalue weighted by molar-refractivity contribution is 7.07. The lowest BCUT2D eigenvalue weighted by Crippen LogP contribution is -2.30. The third-order valence-corrected chi connectivity index (χ3v) is 5.13. The van der Waals surface area contributed by atoms with E-state index in [0.717, 1.165) is 11.1 Å². The van der Waals surface area contributed by atoms with Crippen LogP contribution in [0.2, 0.25) is 0 Å². The average Bonchev–Trinajstić information content (AvgIpc) is 3.45. The van der Waals surface area contributed by atoms with Crippen LogP contribution in [0.5, 0.6) is 0 Å². The number of rotatable bonds is 8. The second-order valence-corrected chi connectivity index (χ2v) is 7.28. The van der Waals surface area contributed by atoms with Crippen molar-refractivity contribution in [3.63, 3.8) is 0 Å². The molecule has 0 unspecified atom stereocenters. The van der Waals surface area contributed by atoms with E-state index < -0.39 is 0 Å². The van der Waals surface area contributed by atoms with Gasteiger partial charge < -0.3 is 9.84 Å². The molecule has 7 nitrogen and oxygen atoms in total. The van der Waals surface area contributed by atoms with Crippen LogP contribution in [-0.4, -0.2) is 26.0 Å². The molecule has 0 saturated carbocycles. The standard InChI is InChI=1S/C21H19N5O2S/c27-19(5-6-20-25-21(26-28-20)17-4-2-9-23-13-17)24-18(11-15-7-10-29-14-15)16-3-1-8-22-12-16/h1-4,7-10,12-14,18H,5-6,11H2,(H,24,27)/t18-/m0/s1. The molecule has 4 rings (SSSR count). The summed E-state index contributed by atoms with van der Waals surface area (Å²) in [7, 11) is 0. The molecule has 1 atom stereocenters. The summed E-state index contributed by atoms with van der Waals surface area (Å²) < 4.78 is 5.27. The number of aromatic nitrogens is 4. The number of hydrogen-bond donors (Lipinski definition) is 1. The summed E-state index contributed by atoms with van der Waals surface area (Å²) in [6, 6.07) is 9.45. The molecule has 1 amide bonds.